The fourth-order valence-electron chi connectivity index (χ4n) is 7.24. The summed E-state index contributed by atoms with van der Waals surface area (Å²) in [6.07, 6.45) is 3.68. The predicted octanol–water partition coefficient (Wildman–Crippen LogP) is 10.8. The zero-order valence-corrected chi connectivity index (χ0v) is 27.1. The van der Waals surface area contributed by atoms with Gasteiger partial charge in [0, 0.05) is 29.9 Å². The first kappa shape index (κ1) is 31.2. The number of nitrogens with one attached hydrogen (secondary N) is 1. The van der Waals surface area contributed by atoms with E-state index in [0.717, 1.165) is 70.8 Å². The molecule has 1 saturated carbocycles. The summed E-state index contributed by atoms with van der Waals surface area (Å²) in [6.45, 7) is 9.64. The number of alkyl halides is 3. The Morgan fingerprint density at radius 1 is 0.936 bits per heavy atom. The van der Waals surface area contributed by atoms with Crippen molar-refractivity contribution < 1.29 is 13.2 Å². The third-order valence-electron chi connectivity index (χ3n) is 9.53. The monoisotopic (exact) mass is 650 g/mol. The molecule has 2 aromatic heterocycles. The van der Waals surface area contributed by atoms with Crippen molar-refractivity contribution in [2.45, 2.75) is 57.7 Å². The zero-order valence-electron chi connectivity index (χ0n) is 26.2. The highest BCUT2D eigenvalue weighted by atomic mass is 32.1. The number of benzene rings is 3. The number of anilines is 2. The van der Waals surface area contributed by atoms with Gasteiger partial charge in [0.2, 0.25) is 0 Å². The molecule has 7 rings (SSSR count). The number of para-hydroxylation sites is 1. The van der Waals surface area contributed by atoms with Crippen molar-refractivity contribution in [1.29, 1.82) is 0 Å². The minimum absolute atomic E-state index is 0.170. The van der Waals surface area contributed by atoms with E-state index in [-0.39, 0.29) is 5.56 Å². The lowest BCUT2D eigenvalue weighted by Gasteiger charge is -2.32. The van der Waals surface area contributed by atoms with E-state index in [1.165, 1.54) is 12.0 Å². The van der Waals surface area contributed by atoms with Crippen LogP contribution in [0.2, 0.25) is 0 Å². The van der Waals surface area contributed by atoms with Gasteiger partial charge in [0.1, 0.15) is 5.82 Å². The fraction of sp³-hybridized carbons (Fsp3) is 0.282. The number of halogens is 3. The highest BCUT2D eigenvalue weighted by molar-refractivity contribution is 7.22. The van der Waals surface area contributed by atoms with Crippen LogP contribution in [0.1, 0.15) is 65.6 Å². The summed E-state index contributed by atoms with van der Waals surface area (Å²) < 4.78 is 45.3. The van der Waals surface area contributed by atoms with Crippen LogP contribution in [0.15, 0.2) is 86.0 Å². The maximum absolute atomic E-state index is 14.7. The van der Waals surface area contributed by atoms with Crippen LogP contribution >= 0.6 is 11.3 Å². The molecule has 4 nitrogen and oxygen atoms in total. The topological polar surface area (TPSA) is 41.1 Å². The quantitative estimate of drug-likeness (QED) is 0.181. The van der Waals surface area contributed by atoms with Crippen molar-refractivity contribution in [2.24, 2.45) is 5.92 Å². The molecule has 0 unspecified atom stereocenters. The van der Waals surface area contributed by atoms with Gasteiger partial charge >= 0.3 is 6.18 Å². The highest BCUT2D eigenvalue weighted by Crippen LogP contribution is 2.43. The Morgan fingerprint density at radius 2 is 1.74 bits per heavy atom. The summed E-state index contributed by atoms with van der Waals surface area (Å²) in [4.78, 5) is 11.8. The van der Waals surface area contributed by atoms with Crippen molar-refractivity contribution >= 4 is 44.3 Å². The fourth-order valence-corrected chi connectivity index (χ4v) is 8.13. The summed E-state index contributed by atoms with van der Waals surface area (Å²) in [7, 11) is 0. The van der Waals surface area contributed by atoms with E-state index >= 15 is 0 Å². The first-order chi connectivity index (χ1) is 22.8. The molecular formula is C39H37F3N4S. The molecule has 1 N–H and O–H groups in total. The van der Waals surface area contributed by atoms with E-state index in [0.29, 0.717) is 41.5 Å². The predicted molar refractivity (Wildman–Crippen MR) is 189 cm³/mol. The van der Waals surface area contributed by atoms with Crippen LogP contribution in [-0.4, -0.2) is 16.5 Å². The number of aromatic nitrogens is 2. The number of pyridine rings is 1. The molecule has 0 bridgehead atoms. The SMILES string of the molecule is C=Cc1nc(N2CCc3cccc(C(=C)Nc4nc5ccccc5s4)c3C2)ccc1-c1cccc(CC2CCCCC2)c1C(F)(F)F. The Kier molecular flexibility index (Phi) is 8.62. The van der Waals surface area contributed by atoms with Gasteiger partial charge in [-0.15, -0.1) is 0 Å². The minimum atomic E-state index is -4.48. The summed E-state index contributed by atoms with van der Waals surface area (Å²) in [5.74, 6) is 1.000. The molecule has 0 amide bonds. The van der Waals surface area contributed by atoms with Gasteiger partial charge < -0.3 is 10.2 Å². The summed E-state index contributed by atoms with van der Waals surface area (Å²) in [6, 6.07) is 22.9. The molecule has 0 saturated heterocycles. The van der Waals surface area contributed by atoms with E-state index in [2.05, 4.69) is 47.6 Å². The lowest BCUT2D eigenvalue weighted by molar-refractivity contribution is -0.137. The Hall–Kier alpha value is -4.43. The van der Waals surface area contributed by atoms with Gasteiger partial charge in [0.05, 0.1) is 21.5 Å². The number of hydrogen-bond acceptors (Lipinski definition) is 5. The molecule has 3 aromatic carbocycles. The van der Waals surface area contributed by atoms with Gasteiger partial charge in [-0.3, -0.25) is 0 Å². The number of hydrogen-bond donors (Lipinski definition) is 1. The number of fused-ring (bicyclic) bond motifs is 2. The maximum Gasteiger partial charge on any atom is 0.417 e. The lowest BCUT2D eigenvalue weighted by Crippen LogP contribution is -2.32. The Bertz CT molecular complexity index is 1920. The van der Waals surface area contributed by atoms with Crippen molar-refractivity contribution in [1.82, 2.24) is 9.97 Å². The summed E-state index contributed by atoms with van der Waals surface area (Å²) >= 11 is 1.59. The third kappa shape index (κ3) is 6.44. The molecule has 3 heterocycles. The zero-order chi connectivity index (χ0) is 32.5. The Morgan fingerprint density at radius 3 is 2.53 bits per heavy atom. The molecule has 8 heteroatoms. The standard InChI is InChI=1S/C39H37F3N4S/c1-3-33-30(31-16-10-14-28(37(31)39(40,41)42)23-26-11-5-4-6-12-26)19-20-36(44-33)46-22-21-27-13-9-15-29(32(27)24-46)25(2)43-38-45-34-17-7-8-18-35(34)47-38/h3,7-10,13-20,26H,1-2,4-6,11-12,21-24H2,(H,43,45). The normalized spacial score (nSPS) is 15.4. The minimum Gasteiger partial charge on any atom is -0.352 e. The highest BCUT2D eigenvalue weighted by Gasteiger charge is 2.37. The molecule has 1 fully saturated rings. The van der Waals surface area contributed by atoms with Crippen LogP contribution in [0.25, 0.3) is 33.1 Å². The second kappa shape index (κ2) is 13.0. The molecule has 0 spiro atoms. The molecule has 0 atom stereocenters. The Balaban J connectivity index is 1.17. The lowest BCUT2D eigenvalue weighted by atomic mass is 9.82. The molecular weight excluding hydrogens is 614 g/mol. The van der Waals surface area contributed by atoms with Crippen molar-refractivity contribution in [2.75, 3.05) is 16.8 Å². The molecule has 47 heavy (non-hydrogen) atoms. The van der Waals surface area contributed by atoms with E-state index in [1.807, 2.05) is 24.3 Å². The summed E-state index contributed by atoms with van der Waals surface area (Å²) in [5.41, 5.74) is 6.02. The second-order valence-corrected chi connectivity index (χ2v) is 13.6. The molecule has 1 aliphatic heterocycles. The van der Waals surface area contributed by atoms with Crippen LogP contribution in [-0.2, 0) is 25.6 Å². The molecule has 240 valence electrons. The van der Waals surface area contributed by atoms with Crippen LogP contribution in [0.5, 0.6) is 0 Å². The number of nitrogens with zero attached hydrogens (tertiary/aromatic N) is 3. The maximum atomic E-state index is 14.7. The third-order valence-corrected chi connectivity index (χ3v) is 10.5. The first-order valence-electron chi connectivity index (χ1n) is 16.3. The van der Waals surface area contributed by atoms with Crippen LogP contribution < -0.4 is 10.2 Å². The van der Waals surface area contributed by atoms with Crippen LogP contribution in [0.4, 0.5) is 24.1 Å². The Labute approximate surface area is 277 Å². The molecule has 2 aliphatic rings. The first-order valence-corrected chi connectivity index (χ1v) is 17.1. The molecule has 5 aromatic rings. The van der Waals surface area contributed by atoms with Crippen LogP contribution in [0, 0.1) is 5.92 Å². The van der Waals surface area contributed by atoms with E-state index in [4.69, 9.17) is 9.97 Å². The van der Waals surface area contributed by atoms with Crippen LogP contribution in [0.3, 0.4) is 0 Å². The van der Waals surface area contributed by atoms with E-state index in [1.54, 1.807) is 41.7 Å². The second-order valence-electron chi connectivity index (χ2n) is 12.6. The van der Waals surface area contributed by atoms with Gasteiger partial charge in [-0.25, -0.2) is 9.97 Å². The van der Waals surface area contributed by atoms with Gasteiger partial charge in [-0.05, 0) is 71.4 Å². The molecule has 1 aliphatic carbocycles. The van der Waals surface area contributed by atoms with Gasteiger partial charge in [0.15, 0.2) is 5.13 Å². The number of rotatable bonds is 8. The van der Waals surface area contributed by atoms with E-state index < -0.39 is 11.7 Å². The average molecular weight is 651 g/mol. The van der Waals surface area contributed by atoms with Gasteiger partial charge in [-0.1, -0.05) is 105 Å². The number of thiazole rings is 1. The van der Waals surface area contributed by atoms with E-state index in [9.17, 15) is 13.2 Å². The van der Waals surface area contributed by atoms with Crippen molar-refractivity contribution in [3.8, 4) is 11.1 Å². The largest absolute Gasteiger partial charge is 0.417 e. The molecule has 0 radical (unpaired) electrons. The summed E-state index contributed by atoms with van der Waals surface area (Å²) in [5, 5.41) is 4.20. The van der Waals surface area contributed by atoms with Gasteiger partial charge in [0.25, 0.3) is 0 Å². The average Bonchev–Trinajstić information content (AvgIpc) is 3.49. The van der Waals surface area contributed by atoms with Crippen molar-refractivity contribution in [3.63, 3.8) is 0 Å². The van der Waals surface area contributed by atoms with Crippen molar-refractivity contribution in [3.05, 3.63) is 119 Å². The van der Waals surface area contributed by atoms with Gasteiger partial charge in [-0.2, -0.15) is 13.2 Å². The smallest absolute Gasteiger partial charge is 0.352 e.